The Labute approximate surface area is 82.7 Å². The molecule has 0 spiro atoms. The smallest absolute Gasteiger partial charge is 0.404 e. The minimum absolute atomic E-state index is 0.106. The van der Waals surface area contributed by atoms with Gasteiger partial charge in [0.25, 0.3) is 0 Å². The molecule has 0 saturated carbocycles. The normalized spacial score (nSPS) is 8.62. The van der Waals surface area contributed by atoms with E-state index in [2.05, 4.69) is 9.72 Å². The first-order valence-electron chi connectivity index (χ1n) is 3.84. The summed E-state index contributed by atoms with van der Waals surface area (Å²) in [5, 5.41) is 0. The topological polar surface area (TPSA) is 39.2 Å². The first-order chi connectivity index (χ1) is 6.13. The second kappa shape index (κ2) is 7.55. The summed E-state index contributed by atoms with van der Waals surface area (Å²) < 4.78 is 4.38. The van der Waals surface area contributed by atoms with Crippen LogP contribution in [0.1, 0.15) is 13.8 Å². The van der Waals surface area contributed by atoms with Crippen LogP contribution in [-0.2, 0) is 4.74 Å². The maximum absolute atomic E-state index is 9.80. The molecular weight excluding hydrogens is 190 g/mol. The molecule has 72 valence electrons. The first-order valence-corrected chi connectivity index (χ1v) is 4.22. The van der Waals surface area contributed by atoms with E-state index in [0.29, 0.717) is 0 Å². The van der Waals surface area contributed by atoms with Crippen molar-refractivity contribution < 1.29 is 9.53 Å². The Balaban J connectivity index is 0.000000223. The molecule has 3 nitrogen and oxygen atoms in total. The fraction of sp³-hybridized carbons (Fsp3) is 0.333. The van der Waals surface area contributed by atoms with Gasteiger partial charge in [-0.3, -0.25) is 4.98 Å². The summed E-state index contributed by atoms with van der Waals surface area (Å²) in [4.78, 5) is 13.6. The van der Waals surface area contributed by atoms with Gasteiger partial charge in [-0.15, -0.1) is 0 Å². The van der Waals surface area contributed by atoms with Gasteiger partial charge < -0.3 is 4.74 Å². The van der Waals surface area contributed by atoms with E-state index in [4.69, 9.17) is 11.6 Å². The lowest BCUT2D eigenvalue weighted by Gasteiger charge is -2.00. The van der Waals surface area contributed by atoms with E-state index in [9.17, 15) is 4.79 Å². The molecule has 0 unspecified atom stereocenters. The van der Waals surface area contributed by atoms with Gasteiger partial charge in [0.05, 0.1) is 6.10 Å². The summed E-state index contributed by atoms with van der Waals surface area (Å²) in [7, 11) is 0. The molecule has 1 aromatic heterocycles. The van der Waals surface area contributed by atoms with E-state index >= 15 is 0 Å². The highest BCUT2D eigenvalue weighted by Gasteiger charge is 1.96. The van der Waals surface area contributed by atoms with E-state index < -0.39 is 5.43 Å². The lowest BCUT2D eigenvalue weighted by Crippen LogP contribution is -2.03. The number of rotatable bonds is 1. The van der Waals surface area contributed by atoms with Crippen molar-refractivity contribution in [2.45, 2.75) is 20.0 Å². The molecule has 4 heteroatoms. The van der Waals surface area contributed by atoms with Crippen molar-refractivity contribution in [1.29, 1.82) is 0 Å². The molecule has 0 aliphatic carbocycles. The molecule has 1 heterocycles. The third-order valence-electron chi connectivity index (χ3n) is 0.895. The Morgan fingerprint density at radius 3 is 1.92 bits per heavy atom. The maximum Gasteiger partial charge on any atom is 0.404 e. The van der Waals surface area contributed by atoms with Crippen LogP contribution in [0.5, 0.6) is 0 Å². The van der Waals surface area contributed by atoms with Crippen LogP contribution in [0.2, 0.25) is 0 Å². The van der Waals surface area contributed by atoms with Gasteiger partial charge in [0, 0.05) is 24.0 Å². The Morgan fingerprint density at radius 2 is 1.85 bits per heavy atom. The summed E-state index contributed by atoms with van der Waals surface area (Å²) in [6.07, 6.45) is 3.39. The highest BCUT2D eigenvalue weighted by Crippen LogP contribution is 1.92. The van der Waals surface area contributed by atoms with Crippen LogP contribution in [0, 0.1) is 0 Å². The minimum Gasteiger partial charge on any atom is -0.451 e. The Kier molecular flexibility index (Phi) is 6.92. The van der Waals surface area contributed by atoms with Crippen LogP contribution < -0.4 is 0 Å². The number of halogens is 1. The van der Waals surface area contributed by atoms with E-state index in [1.54, 1.807) is 26.2 Å². The molecule has 13 heavy (non-hydrogen) atoms. The second-order valence-electron chi connectivity index (χ2n) is 2.43. The molecule has 0 bridgehead atoms. The molecule has 0 saturated heterocycles. The average molecular weight is 202 g/mol. The number of aromatic nitrogens is 1. The summed E-state index contributed by atoms with van der Waals surface area (Å²) in [5.74, 6) is 0. The zero-order chi connectivity index (χ0) is 10.1. The average Bonchev–Trinajstić information content (AvgIpc) is 2.06. The zero-order valence-electron chi connectivity index (χ0n) is 7.61. The monoisotopic (exact) mass is 201 g/mol. The summed E-state index contributed by atoms with van der Waals surface area (Å²) in [5.41, 5.74) is -0.741. The number of pyridine rings is 1. The van der Waals surface area contributed by atoms with Crippen molar-refractivity contribution in [3.63, 3.8) is 0 Å². The quantitative estimate of drug-likeness (QED) is 0.656. The molecule has 0 amide bonds. The molecule has 0 aliphatic heterocycles. The van der Waals surface area contributed by atoms with Crippen molar-refractivity contribution in [2.24, 2.45) is 0 Å². The number of carbonyl (C=O) groups excluding carboxylic acids is 1. The van der Waals surface area contributed by atoms with Gasteiger partial charge >= 0.3 is 5.43 Å². The third-order valence-corrected chi connectivity index (χ3v) is 0.984. The van der Waals surface area contributed by atoms with Crippen LogP contribution >= 0.6 is 11.6 Å². The summed E-state index contributed by atoms with van der Waals surface area (Å²) in [6, 6.07) is 5.72. The third kappa shape index (κ3) is 10.9. The van der Waals surface area contributed by atoms with E-state index in [-0.39, 0.29) is 6.10 Å². The van der Waals surface area contributed by atoms with Crippen molar-refractivity contribution in [3.8, 4) is 0 Å². The highest BCUT2D eigenvalue weighted by atomic mass is 35.5. The van der Waals surface area contributed by atoms with E-state index in [1.165, 1.54) is 0 Å². The lowest BCUT2D eigenvalue weighted by atomic mass is 10.5. The molecule has 0 N–H and O–H groups in total. The zero-order valence-corrected chi connectivity index (χ0v) is 8.36. The molecule has 0 radical (unpaired) electrons. The standard InChI is InChI=1S/C5H5N.C4H7ClO2/c1-2-4-6-5-3-1;1-3(2)7-4(5)6/h1-5H;3H,1-2H3. The van der Waals surface area contributed by atoms with E-state index in [0.717, 1.165) is 0 Å². The van der Waals surface area contributed by atoms with Crippen LogP contribution in [0.15, 0.2) is 30.6 Å². The van der Waals surface area contributed by atoms with Gasteiger partial charge in [0.15, 0.2) is 0 Å². The molecule has 0 aromatic carbocycles. The van der Waals surface area contributed by atoms with Crippen molar-refractivity contribution in [2.75, 3.05) is 0 Å². The SMILES string of the molecule is CC(C)OC(=O)Cl.c1ccncc1. The lowest BCUT2D eigenvalue weighted by molar-refractivity contribution is 0.141. The number of hydrogen-bond donors (Lipinski definition) is 0. The predicted molar refractivity (Wildman–Crippen MR) is 51.7 cm³/mol. The number of ether oxygens (including phenoxy) is 1. The van der Waals surface area contributed by atoms with Crippen LogP contribution in [0.3, 0.4) is 0 Å². The van der Waals surface area contributed by atoms with Crippen LogP contribution in [0.25, 0.3) is 0 Å². The van der Waals surface area contributed by atoms with Gasteiger partial charge in [0.2, 0.25) is 0 Å². The Morgan fingerprint density at radius 1 is 1.31 bits per heavy atom. The van der Waals surface area contributed by atoms with Gasteiger partial charge in [-0.2, -0.15) is 0 Å². The molecule has 0 atom stereocenters. The molecule has 1 aromatic rings. The maximum atomic E-state index is 9.80. The van der Waals surface area contributed by atoms with Crippen molar-refractivity contribution >= 4 is 17.0 Å². The van der Waals surface area contributed by atoms with Gasteiger partial charge in [-0.05, 0) is 26.0 Å². The number of hydrogen-bond acceptors (Lipinski definition) is 3. The predicted octanol–water partition coefficient (Wildman–Crippen LogP) is 2.85. The molecule has 0 aliphatic rings. The van der Waals surface area contributed by atoms with Crippen molar-refractivity contribution in [3.05, 3.63) is 30.6 Å². The second-order valence-corrected chi connectivity index (χ2v) is 2.74. The van der Waals surface area contributed by atoms with Crippen LogP contribution in [0.4, 0.5) is 4.79 Å². The fourth-order valence-corrected chi connectivity index (χ4v) is 0.676. The Bertz CT molecular complexity index is 200. The molecular formula is C9H12ClNO2. The minimum atomic E-state index is -0.741. The van der Waals surface area contributed by atoms with Gasteiger partial charge in [0.1, 0.15) is 0 Å². The highest BCUT2D eigenvalue weighted by molar-refractivity contribution is 6.61. The summed E-state index contributed by atoms with van der Waals surface area (Å²) >= 11 is 4.81. The number of nitrogens with zero attached hydrogens (tertiary/aromatic N) is 1. The fourth-order valence-electron chi connectivity index (χ4n) is 0.498. The van der Waals surface area contributed by atoms with Gasteiger partial charge in [-0.25, -0.2) is 4.79 Å². The molecule has 0 fully saturated rings. The van der Waals surface area contributed by atoms with E-state index in [1.807, 2.05) is 18.2 Å². The molecule has 1 rings (SSSR count). The van der Waals surface area contributed by atoms with Gasteiger partial charge in [-0.1, -0.05) is 6.07 Å². The summed E-state index contributed by atoms with van der Waals surface area (Å²) in [6.45, 7) is 3.47. The first kappa shape index (κ1) is 11.9. The number of carbonyl (C=O) groups is 1. The van der Waals surface area contributed by atoms with Crippen LogP contribution in [-0.4, -0.2) is 16.5 Å². The largest absolute Gasteiger partial charge is 0.451 e. The van der Waals surface area contributed by atoms with Crippen molar-refractivity contribution in [1.82, 2.24) is 4.98 Å². The Hall–Kier alpha value is -1.09.